The van der Waals surface area contributed by atoms with Gasteiger partial charge in [-0.3, -0.25) is 4.90 Å². The lowest BCUT2D eigenvalue weighted by Crippen LogP contribution is -2.43. The second kappa shape index (κ2) is 8.84. The molecule has 1 aliphatic rings. The minimum Gasteiger partial charge on any atom is -0.473 e. The normalized spacial score (nSPS) is 18.9. The number of rotatable bonds is 4. The molecule has 112 valence electrons. The van der Waals surface area contributed by atoms with Gasteiger partial charge >= 0.3 is 11.9 Å². The molecule has 4 N–H and O–H groups in total. The number of carboxylic acids is 2. The summed E-state index contributed by atoms with van der Waals surface area (Å²) in [6.45, 7) is 9.30. The van der Waals surface area contributed by atoms with E-state index < -0.39 is 11.9 Å². The number of carbonyl (C=O) groups is 2. The zero-order valence-electron chi connectivity index (χ0n) is 11.6. The van der Waals surface area contributed by atoms with E-state index in [1.165, 1.54) is 0 Å². The number of carboxylic acid groups (broad SMARTS) is 2. The summed E-state index contributed by atoms with van der Waals surface area (Å²) in [5.74, 6) is -3.65. The van der Waals surface area contributed by atoms with Crippen LogP contribution in [0, 0.1) is 0 Å². The maximum absolute atomic E-state index is 9.10. The number of hydrogen-bond donors (Lipinski definition) is 3. The highest BCUT2D eigenvalue weighted by Crippen LogP contribution is 2.11. The van der Waals surface area contributed by atoms with E-state index in [2.05, 4.69) is 18.7 Å². The molecule has 0 aromatic rings. The first-order valence-corrected chi connectivity index (χ1v) is 6.33. The molecule has 0 amide bonds. The minimum atomic E-state index is -1.82. The Kier molecular flexibility index (Phi) is 8.29. The average molecular weight is 276 g/mol. The van der Waals surface area contributed by atoms with E-state index in [0.29, 0.717) is 0 Å². The molecule has 0 saturated carbocycles. The summed E-state index contributed by atoms with van der Waals surface area (Å²) in [6.07, 6.45) is 2.14. The molecule has 7 heteroatoms. The lowest BCUT2D eigenvalue weighted by Gasteiger charge is -2.30. The van der Waals surface area contributed by atoms with Crippen molar-refractivity contribution in [2.24, 2.45) is 5.73 Å². The summed E-state index contributed by atoms with van der Waals surface area (Å²) >= 11 is 0. The third kappa shape index (κ3) is 9.40. The van der Waals surface area contributed by atoms with Crippen molar-refractivity contribution < 1.29 is 24.5 Å². The van der Waals surface area contributed by atoms with E-state index in [1.807, 2.05) is 0 Å². The number of nitrogens with two attached hydrogens (primary N) is 1. The number of aliphatic carboxylic acids is 2. The molecule has 1 aliphatic heterocycles. The zero-order chi connectivity index (χ0) is 14.9. The molecule has 0 aromatic carbocycles. The highest BCUT2D eigenvalue weighted by Gasteiger charge is 2.18. The van der Waals surface area contributed by atoms with Crippen LogP contribution in [-0.2, 0) is 14.3 Å². The van der Waals surface area contributed by atoms with Crippen LogP contribution in [0.4, 0.5) is 0 Å². The van der Waals surface area contributed by atoms with Crippen molar-refractivity contribution in [1.82, 2.24) is 4.90 Å². The van der Waals surface area contributed by atoms with Gasteiger partial charge in [0.15, 0.2) is 0 Å². The van der Waals surface area contributed by atoms with E-state index in [-0.39, 0.29) is 5.54 Å². The summed E-state index contributed by atoms with van der Waals surface area (Å²) in [6, 6.07) is 0. The van der Waals surface area contributed by atoms with Gasteiger partial charge in [0.1, 0.15) is 0 Å². The number of morpholine rings is 1. The lowest BCUT2D eigenvalue weighted by atomic mass is 9.96. The Hall–Kier alpha value is -1.18. The van der Waals surface area contributed by atoms with Crippen molar-refractivity contribution in [3.63, 3.8) is 0 Å². The third-order valence-electron chi connectivity index (χ3n) is 3.09. The van der Waals surface area contributed by atoms with Gasteiger partial charge in [0, 0.05) is 25.2 Å². The number of ether oxygens (including phenoxy) is 1. The molecule has 0 spiro atoms. The van der Waals surface area contributed by atoms with Gasteiger partial charge in [-0.2, -0.15) is 0 Å². The van der Waals surface area contributed by atoms with Crippen LogP contribution < -0.4 is 5.73 Å². The van der Waals surface area contributed by atoms with Gasteiger partial charge in [-0.1, -0.05) is 6.92 Å². The van der Waals surface area contributed by atoms with E-state index in [0.717, 1.165) is 45.7 Å². The second-order valence-electron chi connectivity index (χ2n) is 4.82. The molecule has 0 radical (unpaired) electrons. The first-order valence-electron chi connectivity index (χ1n) is 6.33. The van der Waals surface area contributed by atoms with Gasteiger partial charge in [-0.25, -0.2) is 9.59 Å². The molecule has 7 nitrogen and oxygen atoms in total. The van der Waals surface area contributed by atoms with Crippen LogP contribution in [0.25, 0.3) is 0 Å². The first-order chi connectivity index (χ1) is 8.78. The topological polar surface area (TPSA) is 113 Å². The standard InChI is InChI=1S/C10H22N2O.C2H2O4/c1-3-10(2,11)4-5-12-6-8-13-9-7-12;3-1(4)2(5)6/h3-9,11H2,1-2H3;(H,3,4)(H,5,6). The third-order valence-corrected chi connectivity index (χ3v) is 3.09. The summed E-state index contributed by atoms with van der Waals surface area (Å²) in [7, 11) is 0. The fourth-order valence-corrected chi connectivity index (χ4v) is 1.42. The quantitative estimate of drug-likeness (QED) is 0.619. The number of nitrogens with zero attached hydrogens (tertiary/aromatic N) is 1. The summed E-state index contributed by atoms with van der Waals surface area (Å²) in [4.78, 5) is 20.6. The SMILES string of the molecule is CCC(C)(N)CCN1CCOCC1.O=C(O)C(=O)O. The van der Waals surface area contributed by atoms with Crippen LogP contribution in [0.15, 0.2) is 0 Å². The molecular weight excluding hydrogens is 252 g/mol. The van der Waals surface area contributed by atoms with E-state index in [4.69, 9.17) is 30.3 Å². The van der Waals surface area contributed by atoms with Crippen LogP contribution in [0.5, 0.6) is 0 Å². The van der Waals surface area contributed by atoms with Crippen LogP contribution >= 0.6 is 0 Å². The molecular formula is C12H24N2O5. The fourth-order valence-electron chi connectivity index (χ4n) is 1.42. The Morgan fingerprint density at radius 1 is 1.26 bits per heavy atom. The zero-order valence-corrected chi connectivity index (χ0v) is 11.6. The fraction of sp³-hybridized carbons (Fsp3) is 0.833. The summed E-state index contributed by atoms with van der Waals surface area (Å²) < 4.78 is 5.29. The summed E-state index contributed by atoms with van der Waals surface area (Å²) in [5, 5.41) is 14.8. The molecule has 0 aromatic heterocycles. The Balaban J connectivity index is 0.000000459. The van der Waals surface area contributed by atoms with Crippen LogP contribution in [0.2, 0.25) is 0 Å². The predicted octanol–water partition coefficient (Wildman–Crippen LogP) is -0.00830. The molecule has 1 unspecified atom stereocenters. The van der Waals surface area contributed by atoms with Gasteiger partial charge in [-0.05, 0) is 19.8 Å². The Morgan fingerprint density at radius 3 is 2.11 bits per heavy atom. The van der Waals surface area contributed by atoms with Crippen molar-refractivity contribution in [3.8, 4) is 0 Å². The highest BCUT2D eigenvalue weighted by atomic mass is 16.5. The van der Waals surface area contributed by atoms with Crippen molar-refractivity contribution in [1.29, 1.82) is 0 Å². The monoisotopic (exact) mass is 276 g/mol. The van der Waals surface area contributed by atoms with E-state index in [1.54, 1.807) is 0 Å². The highest BCUT2D eigenvalue weighted by molar-refractivity contribution is 6.27. The maximum atomic E-state index is 9.10. The van der Waals surface area contributed by atoms with Gasteiger partial charge in [0.2, 0.25) is 0 Å². The van der Waals surface area contributed by atoms with Crippen molar-refractivity contribution >= 4 is 11.9 Å². The van der Waals surface area contributed by atoms with Crippen LogP contribution in [0.1, 0.15) is 26.7 Å². The molecule has 1 fully saturated rings. The predicted molar refractivity (Wildman–Crippen MR) is 70.0 cm³/mol. The van der Waals surface area contributed by atoms with E-state index >= 15 is 0 Å². The molecule has 1 rings (SSSR count). The molecule has 1 saturated heterocycles. The maximum Gasteiger partial charge on any atom is 0.414 e. The minimum absolute atomic E-state index is 0.0122. The smallest absolute Gasteiger partial charge is 0.414 e. The molecule has 0 aliphatic carbocycles. The van der Waals surface area contributed by atoms with E-state index in [9.17, 15) is 0 Å². The average Bonchev–Trinajstić information content (AvgIpc) is 2.38. The second-order valence-corrected chi connectivity index (χ2v) is 4.82. The first kappa shape index (κ1) is 17.8. The Bertz CT molecular complexity index is 276. The van der Waals surface area contributed by atoms with Crippen LogP contribution in [0.3, 0.4) is 0 Å². The van der Waals surface area contributed by atoms with Gasteiger partial charge in [0.05, 0.1) is 13.2 Å². The Labute approximate surface area is 113 Å². The molecule has 19 heavy (non-hydrogen) atoms. The number of hydrogen-bond acceptors (Lipinski definition) is 5. The van der Waals surface area contributed by atoms with Crippen molar-refractivity contribution in [3.05, 3.63) is 0 Å². The summed E-state index contributed by atoms with van der Waals surface area (Å²) in [5.41, 5.74) is 6.09. The molecule has 1 heterocycles. The molecule has 1 atom stereocenters. The van der Waals surface area contributed by atoms with Crippen molar-refractivity contribution in [2.75, 3.05) is 32.8 Å². The lowest BCUT2D eigenvalue weighted by molar-refractivity contribution is -0.159. The van der Waals surface area contributed by atoms with Crippen LogP contribution in [-0.4, -0.2) is 65.4 Å². The van der Waals surface area contributed by atoms with Gasteiger partial charge in [-0.15, -0.1) is 0 Å². The van der Waals surface area contributed by atoms with Gasteiger partial charge < -0.3 is 20.7 Å². The van der Waals surface area contributed by atoms with Crippen molar-refractivity contribution in [2.45, 2.75) is 32.2 Å². The van der Waals surface area contributed by atoms with Gasteiger partial charge in [0.25, 0.3) is 0 Å². The Morgan fingerprint density at radius 2 is 1.74 bits per heavy atom. The largest absolute Gasteiger partial charge is 0.473 e. The molecule has 0 bridgehead atoms.